The van der Waals surface area contributed by atoms with Gasteiger partial charge in [0.05, 0.1) is 0 Å². The Morgan fingerprint density at radius 1 is 0.929 bits per heavy atom. The first-order chi connectivity index (χ1) is 13.5. The Morgan fingerprint density at radius 2 is 1.71 bits per heavy atom. The fraction of sp³-hybridized carbons (Fsp3) is 0.174. The van der Waals surface area contributed by atoms with Gasteiger partial charge < -0.3 is 10.2 Å². The van der Waals surface area contributed by atoms with E-state index in [9.17, 15) is 9.59 Å². The van der Waals surface area contributed by atoms with Crippen LogP contribution < -0.4 is 10.2 Å². The molecule has 5 nitrogen and oxygen atoms in total. The largest absolute Gasteiger partial charge is 0.322 e. The van der Waals surface area contributed by atoms with Gasteiger partial charge in [-0.05, 0) is 73.4 Å². The third kappa shape index (κ3) is 3.39. The summed E-state index contributed by atoms with van der Waals surface area (Å²) in [6, 6.07) is 14.8. The first kappa shape index (κ1) is 17.9. The number of anilines is 2. The molecule has 1 aromatic heterocycles. The van der Waals surface area contributed by atoms with E-state index in [2.05, 4.69) is 10.3 Å². The Bertz CT molecular complexity index is 1060. The Morgan fingerprint density at radius 3 is 2.46 bits per heavy atom. The number of aryl methyl sites for hydroxylation is 2. The maximum Gasteiger partial charge on any atom is 0.258 e. The van der Waals surface area contributed by atoms with E-state index in [1.807, 2.05) is 50.2 Å². The second kappa shape index (κ2) is 7.27. The second-order valence-electron chi connectivity index (χ2n) is 7.04. The van der Waals surface area contributed by atoms with Crippen LogP contribution in [0.15, 0.2) is 60.9 Å². The Kier molecular flexibility index (Phi) is 4.65. The zero-order valence-corrected chi connectivity index (χ0v) is 15.9. The predicted molar refractivity (Wildman–Crippen MR) is 110 cm³/mol. The number of rotatable bonds is 3. The number of aromatic nitrogens is 1. The SMILES string of the molecule is Cc1ccc(C(=O)Nc2ccc3c(c2)N(C(=O)c2ccncc2)CC3)cc1C. The van der Waals surface area contributed by atoms with Gasteiger partial charge in [0.1, 0.15) is 0 Å². The molecular weight excluding hydrogens is 350 g/mol. The fourth-order valence-corrected chi connectivity index (χ4v) is 3.40. The van der Waals surface area contributed by atoms with E-state index in [4.69, 9.17) is 0 Å². The summed E-state index contributed by atoms with van der Waals surface area (Å²) in [5.41, 5.74) is 6.08. The van der Waals surface area contributed by atoms with E-state index in [0.717, 1.165) is 28.8 Å². The van der Waals surface area contributed by atoms with Crippen molar-refractivity contribution in [3.63, 3.8) is 0 Å². The van der Waals surface area contributed by atoms with Gasteiger partial charge in [-0.25, -0.2) is 0 Å². The molecule has 1 aliphatic rings. The topological polar surface area (TPSA) is 62.3 Å². The lowest BCUT2D eigenvalue weighted by molar-refractivity contribution is 0.0988. The van der Waals surface area contributed by atoms with Gasteiger partial charge in [0.25, 0.3) is 11.8 Å². The van der Waals surface area contributed by atoms with Gasteiger partial charge in [-0.1, -0.05) is 12.1 Å². The number of hydrogen-bond acceptors (Lipinski definition) is 3. The van der Waals surface area contributed by atoms with Crippen molar-refractivity contribution in [2.45, 2.75) is 20.3 Å². The fourth-order valence-electron chi connectivity index (χ4n) is 3.40. The van der Waals surface area contributed by atoms with Crippen molar-refractivity contribution in [2.24, 2.45) is 0 Å². The van der Waals surface area contributed by atoms with Crippen molar-refractivity contribution in [3.8, 4) is 0 Å². The molecule has 2 amide bonds. The average Bonchev–Trinajstić information content (AvgIpc) is 3.13. The molecule has 0 saturated heterocycles. The molecule has 5 heteroatoms. The predicted octanol–water partition coefficient (Wildman–Crippen LogP) is 4.15. The number of pyridine rings is 1. The van der Waals surface area contributed by atoms with E-state index >= 15 is 0 Å². The van der Waals surface area contributed by atoms with Crippen molar-refractivity contribution in [1.82, 2.24) is 4.98 Å². The molecule has 1 aliphatic heterocycles. The van der Waals surface area contributed by atoms with Gasteiger partial charge in [-0.15, -0.1) is 0 Å². The number of nitrogens with one attached hydrogen (secondary N) is 1. The molecule has 2 heterocycles. The minimum Gasteiger partial charge on any atom is -0.322 e. The van der Waals surface area contributed by atoms with Crippen LogP contribution in [0.2, 0.25) is 0 Å². The lowest BCUT2D eigenvalue weighted by Crippen LogP contribution is -2.28. The number of fused-ring (bicyclic) bond motifs is 1. The molecule has 28 heavy (non-hydrogen) atoms. The van der Waals surface area contributed by atoms with Crippen LogP contribution in [-0.2, 0) is 6.42 Å². The molecule has 0 atom stereocenters. The summed E-state index contributed by atoms with van der Waals surface area (Å²) in [5, 5.41) is 2.95. The highest BCUT2D eigenvalue weighted by Gasteiger charge is 2.26. The van der Waals surface area contributed by atoms with E-state index in [0.29, 0.717) is 23.4 Å². The Balaban J connectivity index is 1.57. The summed E-state index contributed by atoms with van der Waals surface area (Å²) in [5.74, 6) is -0.216. The highest BCUT2D eigenvalue weighted by molar-refractivity contribution is 6.08. The number of benzene rings is 2. The molecule has 140 valence electrons. The second-order valence-corrected chi connectivity index (χ2v) is 7.04. The van der Waals surface area contributed by atoms with Crippen LogP contribution in [0, 0.1) is 13.8 Å². The highest BCUT2D eigenvalue weighted by Crippen LogP contribution is 2.32. The number of nitrogens with zero attached hydrogens (tertiary/aromatic N) is 2. The maximum absolute atomic E-state index is 12.8. The Hall–Kier alpha value is -3.47. The van der Waals surface area contributed by atoms with Crippen molar-refractivity contribution < 1.29 is 9.59 Å². The normalized spacial score (nSPS) is 12.6. The van der Waals surface area contributed by atoms with E-state index < -0.39 is 0 Å². The molecule has 0 radical (unpaired) electrons. The van der Waals surface area contributed by atoms with E-state index in [1.54, 1.807) is 29.4 Å². The molecule has 1 N–H and O–H groups in total. The smallest absolute Gasteiger partial charge is 0.258 e. The lowest BCUT2D eigenvalue weighted by Gasteiger charge is -2.18. The van der Waals surface area contributed by atoms with E-state index in [-0.39, 0.29) is 11.8 Å². The van der Waals surface area contributed by atoms with Crippen molar-refractivity contribution in [1.29, 1.82) is 0 Å². The van der Waals surface area contributed by atoms with Crippen LogP contribution in [0.1, 0.15) is 37.4 Å². The van der Waals surface area contributed by atoms with Gasteiger partial charge in [-0.3, -0.25) is 14.6 Å². The number of carbonyl (C=O) groups is 2. The third-order valence-electron chi connectivity index (χ3n) is 5.18. The molecule has 0 bridgehead atoms. The quantitative estimate of drug-likeness (QED) is 0.752. The van der Waals surface area contributed by atoms with Crippen LogP contribution in [0.5, 0.6) is 0 Å². The van der Waals surface area contributed by atoms with Crippen LogP contribution in [0.4, 0.5) is 11.4 Å². The van der Waals surface area contributed by atoms with Crippen molar-refractivity contribution in [2.75, 3.05) is 16.8 Å². The molecule has 0 saturated carbocycles. The number of amides is 2. The first-order valence-electron chi connectivity index (χ1n) is 9.26. The summed E-state index contributed by atoms with van der Waals surface area (Å²) in [6.45, 7) is 4.64. The first-order valence-corrected chi connectivity index (χ1v) is 9.26. The molecular formula is C23H21N3O2. The van der Waals surface area contributed by atoms with Crippen LogP contribution in [0.25, 0.3) is 0 Å². The number of hydrogen-bond donors (Lipinski definition) is 1. The summed E-state index contributed by atoms with van der Waals surface area (Å²) in [7, 11) is 0. The van der Waals surface area contributed by atoms with Crippen LogP contribution in [0.3, 0.4) is 0 Å². The zero-order chi connectivity index (χ0) is 19.7. The average molecular weight is 371 g/mol. The molecule has 0 spiro atoms. The van der Waals surface area contributed by atoms with Crippen LogP contribution >= 0.6 is 0 Å². The van der Waals surface area contributed by atoms with Crippen molar-refractivity contribution in [3.05, 3.63) is 88.7 Å². The van der Waals surface area contributed by atoms with Gasteiger partial charge in [-0.2, -0.15) is 0 Å². The lowest BCUT2D eigenvalue weighted by atomic mass is 10.1. The van der Waals surface area contributed by atoms with Crippen LogP contribution in [-0.4, -0.2) is 23.3 Å². The van der Waals surface area contributed by atoms with Gasteiger partial charge in [0.2, 0.25) is 0 Å². The monoisotopic (exact) mass is 371 g/mol. The zero-order valence-electron chi connectivity index (χ0n) is 15.9. The molecule has 0 fully saturated rings. The van der Waals surface area contributed by atoms with Gasteiger partial charge >= 0.3 is 0 Å². The van der Waals surface area contributed by atoms with Gasteiger partial charge in [0, 0.05) is 41.4 Å². The summed E-state index contributed by atoms with van der Waals surface area (Å²) in [4.78, 5) is 31.2. The third-order valence-corrected chi connectivity index (χ3v) is 5.18. The Labute approximate surface area is 164 Å². The molecule has 2 aromatic carbocycles. The molecule has 3 aromatic rings. The standard InChI is InChI=1S/C23H21N3O2/c1-15-3-4-19(13-16(15)2)22(27)25-20-6-5-17-9-12-26(21(17)14-20)23(28)18-7-10-24-11-8-18/h3-8,10-11,13-14H,9,12H2,1-2H3,(H,25,27). The molecule has 0 unspecified atom stereocenters. The summed E-state index contributed by atoms with van der Waals surface area (Å²) < 4.78 is 0. The number of carbonyl (C=O) groups excluding carboxylic acids is 2. The molecule has 4 rings (SSSR count). The molecule has 0 aliphatic carbocycles. The maximum atomic E-state index is 12.8. The van der Waals surface area contributed by atoms with Crippen molar-refractivity contribution >= 4 is 23.2 Å². The summed E-state index contributed by atoms with van der Waals surface area (Å²) >= 11 is 0. The minimum atomic E-state index is -0.159. The minimum absolute atomic E-state index is 0.0567. The highest BCUT2D eigenvalue weighted by atomic mass is 16.2. The van der Waals surface area contributed by atoms with E-state index in [1.165, 1.54) is 0 Å². The van der Waals surface area contributed by atoms with Gasteiger partial charge in [0.15, 0.2) is 0 Å². The summed E-state index contributed by atoms with van der Waals surface area (Å²) in [6.07, 6.45) is 4.03.